The van der Waals surface area contributed by atoms with Crippen LogP contribution in [0.1, 0.15) is 11.3 Å². The lowest BCUT2D eigenvalue weighted by molar-refractivity contribution is -0.152. The van der Waals surface area contributed by atoms with Crippen LogP contribution in [0, 0.1) is 5.92 Å². The van der Waals surface area contributed by atoms with E-state index in [0.717, 1.165) is 17.7 Å². The third kappa shape index (κ3) is 6.86. The average Bonchev–Trinajstić information content (AvgIpc) is 3.61. The van der Waals surface area contributed by atoms with Gasteiger partial charge in [0.05, 0.1) is 18.6 Å². The molecule has 0 bridgehead atoms. The molecule has 1 saturated carbocycles. The number of oxime groups is 1. The number of nitrogens with one attached hydrogen (secondary N) is 2. The number of nitrogen functional groups attached to an aromatic ring is 1. The summed E-state index contributed by atoms with van der Waals surface area (Å²) in [6, 6.07) is 3.21. The minimum absolute atomic E-state index is 0.0159. The van der Waals surface area contributed by atoms with Gasteiger partial charge in [-0.3, -0.25) is 23.8 Å². The van der Waals surface area contributed by atoms with Gasteiger partial charge in [0.2, 0.25) is 0 Å². The number of carboxylic acid groups (broad SMARTS) is 1. The Hall–Kier alpha value is -5.23. The van der Waals surface area contributed by atoms with Crippen molar-refractivity contribution in [1.29, 1.82) is 0 Å². The third-order valence-electron chi connectivity index (χ3n) is 8.10. The van der Waals surface area contributed by atoms with Crippen LogP contribution in [-0.2, 0) is 36.1 Å². The Bertz CT molecular complexity index is 1920. The van der Waals surface area contributed by atoms with Crippen molar-refractivity contribution >= 4 is 56.1 Å². The number of carbonyl (C=O) groups is 3. The Balaban J connectivity index is 1.13. The van der Waals surface area contributed by atoms with Crippen molar-refractivity contribution in [2.75, 3.05) is 25.4 Å². The van der Waals surface area contributed by atoms with E-state index in [1.54, 1.807) is 12.1 Å². The molecule has 49 heavy (non-hydrogen) atoms. The monoisotopic (exact) mass is 719 g/mol. The molecule has 1 unspecified atom stereocenters. The quantitative estimate of drug-likeness (QED) is 0.0284. The summed E-state index contributed by atoms with van der Waals surface area (Å²) in [5.41, 5.74) is 10.8. The number of β-lactam (4-membered cyclic amide) rings is 1. The molecule has 0 spiro atoms. The van der Waals surface area contributed by atoms with Gasteiger partial charge >= 0.3 is 16.3 Å². The van der Waals surface area contributed by atoms with Gasteiger partial charge in [0.25, 0.3) is 17.9 Å². The van der Waals surface area contributed by atoms with Gasteiger partial charge in [0, 0.05) is 30.0 Å². The molecular weight excluding hydrogens is 690 g/mol. The van der Waals surface area contributed by atoms with Crippen molar-refractivity contribution in [3.8, 4) is 5.75 Å². The lowest BCUT2D eigenvalue weighted by atomic mass is 9.98. The lowest BCUT2D eigenvalue weighted by Crippen LogP contribution is -2.73. The number of aliphatic carboxylic acids is 1. The Kier molecular flexibility index (Phi) is 8.93. The Morgan fingerprint density at radius 2 is 2.04 bits per heavy atom. The first kappa shape index (κ1) is 33.7. The highest BCUT2D eigenvalue weighted by Gasteiger charge is 2.67. The standard InChI is InChI=1S/C26H29N11O10S2/c27-21(34-20-14-5-29-9-26(14,20)42)12-1-3-13(4-2-12)46-7-17(24(40)41)47-35-18(15-8-48-25(28)32-15)22(38)33-19-16(6-36-11-30-10-31-36)37(23(19)39)49(43,44)45/h1-4,8,10-11,14,16-17,19-20,29,42H,5-7,9H2,(H2,27,34)(H2,28,32)(H,33,38)(H,40,41)(H,43,44,45)/b35-18-/t14-,16+,17-,19-,20?,26+/m0/s1. The summed E-state index contributed by atoms with van der Waals surface area (Å²) < 4.78 is 40.2. The average molecular weight is 720 g/mol. The third-order valence-corrected chi connectivity index (χ3v) is 9.72. The van der Waals surface area contributed by atoms with E-state index in [-0.39, 0.29) is 45.2 Å². The van der Waals surface area contributed by atoms with Gasteiger partial charge in [-0.1, -0.05) is 5.16 Å². The van der Waals surface area contributed by atoms with Crippen LogP contribution in [-0.4, -0.2) is 126 Å². The summed E-state index contributed by atoms with van der Waals surface area (Å²) in [6.45, 7) is 0.273. The zero-order valence-corrected chi connectivity index (χ0v) is 26.7. The molecule has 0 radical (unpaired) electrons. The van der Waals surface area contributed by atoms with Crippen LogP contribution in [0.25, 0.3) is 0 Å². The zero-order valence-electron chi connectivity index (χ0n) is 25.1. The van der Waals surface area contributed by atoms with Gasteiger partial charge in [0.15, 0.2) is 10.8 Å². The number of rotatable bonds is 14. The second-order valence-electron chi connectivity index (χ2n) is 11.2. The number of hydrogen-bond donors (Lipinski definition) is 7. The second kappa shape index (κ2) is 13.0. The molecule has 2 aliphatic heterocycles. The highest BCUT2D eigenvalue weighted by atomic mass is 32.2. The summed E-state index contributed by atoms with van der Waals surface area (Å²) in [5, 5.41) is 34.5. The normalized spacial score (nSPS) is 25.7. The van der Waals surface area contributed by atoms with Gasteiger partial charge in [-0.2, -0.15) is 13.5 Å². The minimum atomic E-state index is -4.99. The van der Waals surface area contributed by atoms with E-state index in [1.165, 1.54) is 28.5 Å². The van der Waals surface area contributed by atoms with E-state index in [2.05, 4.69) is 35.8 Å². The van der Waals surface area contributed by atoms with Crippen LogP contribution in [0.15, 0.2) is 52.4 Å². The predicted octanol–water partition coefficient (Wildman–Crippen LogP) is -3.19. The number of ether oxygens (including phenoxy) is 1. The predicted molar refractivity (Wildman–Crippen MR) is 167 cm³/mol. The van der Waals surface area contributed by atoms with Crippen molar-refractivity contribution in [1.82, 2.24) is 34.7 Å². The number of hydrogen-bond acceptors (Lipinski definition) is 16. The highest BCUT2D eigenvalue weighted by Crippen LogP contribution is 2.48. The van der Waals surface area contributed by atoms with E-state index in [0.29, 0.717) is 18.7 Å². The summed E-state index contributed by atoms with van der Waals surface area (Å²) >= 11 is 0.929. The van der Waals surface area contributed by atoms with Crippen LogP contribution < -0.4 is 26.8 Å². The van der Waals surface area contributed by atoms with Crippen LogP contribution in [0.3, 0.4) is 0 Å². The van der Waals surface area contributed by atoms with E-state index in [1.807, 2.05) is 0 Å². The number of carbonyl (C=O) groups excluding carboxylic acids is 2. The molecule has 3 aliphatic rings. The maximum absolute atomic E-state index is 13.4. The number of thiazole rings is 1. The molecule has 2 saturated heterocycles. The fraction of sp³-hybridized carbons (Fsp3) is 0.385. The van der Waals surface area contributed by atoms with E-state index >= 15 is 0 Å². The first-order valence-corrected chi connectivity index (χ1v) is 16.7. The second-order valence-corrected chi connectivity index (χ2v) is 13.4. The maximum atomic E-state index is 13.4. The molecule has 2 aromatic heterocycles. The fourth-order valence-corrected chi connectivity index (χ4v) is 6.91. The first-order valence-electron chi connectivity index (χ1n) is 14.4. The fourth-order valence-electron chi connectivity index (χ4n) is 5.49. The molecule has 1 aromatic carbocycles. The number of nitrogens with two attached hydrogens (primary N) is 2. The van der Waals surface area contributed by atoms with E-state index < -0.39 is 64.2 Å². The zero-order chi connectivity index (χ0) is 35.1. The summed E-state index contributed by atoms with van der Waals surface area (Å²) in [7, 11) is -4.99. The van der Waals surface area contributed by atoms with Crippen LogP contribution >= 0.6 is 11.3 Å². The number of aliphatic imine (C=N–C) groups is 1. The summed E-state index contributed by atoms with van der Waals surface area (Å²) in [6.07, 6.45) is 0.652. The number of aliphatic hydroxyl groups is 1. The number of amides is 2. The number of carboxylic acids is 1. The van der Waals surface area contributed by atoms with Crippen molar-refractivity contribution in [3.63, 3.8) is 0 Å². The highest BCUT2D eigenvalue weighted by molar-refractivity contribution is 7.84. The van der Waals surface area contributed by atoms with Gasteiger partial charge in [-0.15, -0.1) is 11.3 Å². The molecule has 260 valence electrons. The summed E-state index contributed by atoms with van der Waals surface area (Å²) in [4.78, 5) is 55.4. The minimum Gasteiger partial charge on any atom is -0.489 e. The largest absolute Gasteiger partial charge is 0.489 e. The topological polar surface area (TPSA) is 312 Å². The molecule has 21 nitrogen and oxygen atoms in total. The number of fused-ring (bicyclic) bond motifs is 1. The number of nitrogens with zero attached hydrogens (tertiary/aromatic N) is 7. The first-order chi connectivity index (χ1) is 23.3. The van der Waals surface area contributed by atoms with E-state index in [9.17, 15) is 37.6 Å². The smallest absolute Gasteiger partial charge is 0.362 e. The lowest BCUT2D eigenvalue weighted by Gasteiger charge is -2.43. The van der Waals surface area contributed by atoms with Gasteiger partial charge < -0.3 is 41.9 Å². The Morgan fingerprint density at radius 3 is 2.63 bits per heavy atom. The molecule has 23 heteroatoms. The molecule has 6 atom stereocenters. The number of amidine groups is 1. The van der Waals surface area contributed by atoms with E-state index in [4.69, 9.17) is 21.0 Å². The van der Waals surface area contributed by atoms with Crippen molar-refractivity contribution in [3.05, 3.63) is 53.6 Å². The number of piperidine rings is 1. The SMILES string of the molecule is NC(=NC1[C@@H]2CNC[C@]12O)c1ccc(OC[C@H](O/N=C(\C(=O)N[C@@H]2C(=O)N(S(=O)(=O)O)[C@@H]2Cn2cncn2)c2csc(N)n2)C(=O)O)cc1. The summed E-state index contributed by atoms with van der Waals surface area (Å²) in [5.74, 6) is -3.25. The van der Waals surface area contributed by atoms with Crippen molar-refractivity contribution < 1.29 is 47.1 Å². The van der Waals surface area contributed by atoms with Gasteiger partial charge in [-0.05, 0) is 24.3 Å². The number of β-amino-alcohol motifs (C(OH)–C–C–N with tert-alkyl or cyclic N) is 1. The molecule has 2 amide bonds. The molecule has 9 N–H and O–H groups in total. The Morgan fingerprint density at radius 1 is 1.29 bits per heavy atom. The van der Waals surface area contributed by atoms with Crippen molar-refractivity contribution in [2.45, 2.75) is 36.4 Å². The number of aromatic nitrogens is 4. The van der Waals surface area contributed by atoms with Crippen LogP contribution in [0.5, 0.6) is 5.75 Å². The number of benzene rings is 1. The number of anilines is 1. The molecule has 3 aromatic rings. The van der Waals surface area contributed by atoms with Gasteiger partial charge in [-0.25, -0.2) is 19.1 Å². The molecule has 1 aliphatic carbocycles. The van der Waals surface area contributed by atoms with Crippen molar-refractivity contribution in [2.24, 2.45) is 21.8 Å². The molecule has 3 fully saturated rings. The molecular formula is C26H29N11O10S2. The molecule has 6 rings (SSSR count). The van der Waals surface area contributed by atoms with Crippen LogP contribution in [0.2, 0.25) is 0 Å². The van der Waals surface area contributed by atoms with Crippen LogP contribution in [0.4, 0.5) is 5.13 Å². The van der Waals surface area contributed by atoms with Gasteiger partial charge in [0.1, 0.15) is 48.2 Å². The maximum Gasteiger partial charge on any atom is 0.362 e. The Labute approximate surface area is 280 Å². The molecule has 4 heterocycles.